The molecular formula is C18H15BrFNO3. The van der Waals surface area contributed by atoms with Gasteiger partial charge in [-0.15, -0.1) is 0 Å². The summed E-state index contributed by atoms with van der Waals surface area (Å²) in [5.74, 6) is -1.41. The molecule has 2 aromatic rings. The van der Waals surface area contributed by atoms with Gasteiger partial charge in [0, 0.05) is 16.2 Å². The molecule has 1 atom stereocenters. The molecular weight excluding hydrogens is 377 g/mol. The molecule has 4 nitrogen and oxygen atoms in total. The van der Waals surface area contributed by atoms with Gasteiger partial charge in [-0.3, -0.25) is 4.79 Å². The molecule has 0 aliphatic carbocycles. The highest BCUT2D eigenvalue weighted by atomic mass is 79.9. The normalized spacial score (nSPS) is 16.0. The lowest BCUT2D eigenvalue weighted by molar-refractivity contribution is -0.122. The first-order valence-electron chi connectivity index (χ1n) is 7.49. The number of hydrogen-bond donors (Lipinski definition) is 0. The number of para-hydroxylation sites is 1. The summed E-state index contributed by atoms with van der Waals surface area (Å²) in [5.41, 5.74) is 2.14. The summed E-state index contributed by atoms with van der Waals surface area (Å²) in [6, 6.07) is 11.4. The maximum atomic E-state index is 13.1. The minimum Gasteiger partial charge on any atom is -0.452 e. The summed E-state index contributed by atoms with van der Waals surface area (Å²) in [5, 5.41) is 0. The van der Waals surface area contributed by atoms with Gasteiger partial charge >= 0.3 is 5.97 Å². The summed E-state index contributed by atoms with van der Waals surface area (Å²) in [7, 11) is 0. The summed E-state index contributed by atoms with van der Waals surface area (Å²) >= 11 is 3.12. The molecule has 1 heterocycles. The van der Waals surface area contributed by atoms with Crippen molar-refractivity contribution in [2.45, 2.75) is 19.4 Å². The van der Waals surface area contributed by atoms with Gasteiger partial charge in [0.05, 0.1) is 5.56 Å². The van der Waals surface area contributed by atoms with E-state index in [2.05, 4.69) is 15.9 Å². The molecule has 6 heteroatoms. The highest BCUT2D eigenvalue weighted by Crippen LogP contribution is 2.31. The molecule has 124 valence electrons. The van der Waals surface area contributed by atoms with E-state index in [4.69, 9.17) is 4.74 Å². The van der Waals surface area contributed by atoms with Gasteiger partial charge in [-0.25, -0.2) is 9.18 Å². The first-order chi connectivity index (χ1) is 11.5. The van der Waals surface area contributed by atoms with E-state index in [9.17, 15) is 14.0 Å². The molecule has 0 spiro atoms. The zero-order chi connectivity index (χ0) is 17.3. The van der Waals surface area contributed by atoms with E-state index in [1.54, 1.807) is 4.90 Å². The van der Waals surface area contributed by atoms with Crippen molar-refractivity contribution in [3.05, 3.63) is 63.9 Å². The Kier molecular flexibility index (Phi) is 4.66. The number of anilines is 1. The van der Waals surface area contributed by atoms with Gasteiger partial charge < -0.3 is 9.64 Å². The predicted octanol–water partition coefficient (Wildman–Crippen LogP) is 3.72. The lowest BCUT2D eigenvalue weighted by atomic mass is 10.1. The number of amides is 1. The van der Waals surface area contributed by atoms with Crippen LogP contribution in [0.3, 0.4) is 0 Å². The lowest BCUT2D eigenvalue weighted by Gasteiger charge is -2.22. The zero-order valence-corrected chi connectivity index (χ0v) is 14.5. The van der Waals surface area contributed by atoms with Crippen molar-refractivity contribution < 1.29 is 18.7 Å². The van der Waals surface area contributed by atoms with Crippen molar-refractivity contribution in [1.29, 1.82) is 0 Å². The molecule has 0 bridgehead atoms. The second-order valence-electron chi connectivity index (χ2n) is 5.65. The maximum Gasteiger partial charge on any atom is 0.339 e. The van der Waals surface area contributed by atoms with Crippen LogP contribution in [-0.4, -0.2) is 24.5 Å². The fourth-order valence-electron chi connectivity index (χ4n) is 2.88. The molecule has 0 aromatic heterocycles. The van der Waals surface area contributed by atoms with Crippen LogP contribution in [-0.2, 0) is 16.0 Å². The minimum absolute atomic E-state index is 0.0196. The summed E-state index contributed by atoms with van der Waals surface area (Å²) in [6.07, 6.45) is 0.777. The van der Waals surface area contributed by atoms with Crippen molar-refractivity contribution in [3.63, 3.8) is 0 Å². The van der Waals surface area contributed by atoms with Crippen molar-refractivity contribution in [3.8, 4) is 0 Å². The van der Waals surface area contributed by atoms with E-state index in [-0.39, 0.29) is 24.1 Å². The van der Waals surface area contributed by atoms with Gasteiger partial charge in [-0.1, -0.05) is 18.2 Å². The highest BCUT2D eigenvalue weighted by molar-refractivity contribution is 9.10. The molecule has 0 N–H and O–H groups in total. The summed E-state index contributed by atoms with van der Waals surface area (Å²) in [6.45, 7) is 1.59. The number of hydrogen-bond acceptors (Lipinski definition) is 3. The van der Waals surface area contributed by atoms with Crippen LogP contribution in [0.4, 0.5) is 10.1 Å². The van der Waals surface area contributed by atoms with E-state index in [1.807, 2.05) is 31.2 Å². The Balaban J connectivity index is 1.69. The average Bonchev–Trinajstić information content (AvgIpc) is 2.88. The number of fused-ring (bicyclic) bond motifs is 1. The smallest absolute Gasteiger partial charge is 0.339 e. The van der Waals surface area contributed by atoms with E-state index < -0.39 is 11.8 Å². The number of carbonyl (C=O) groups is 2. The topological polar surface area (TPSA) is 46.6 Å². The predicted molar refractivity (Wildman–Crippen MR) is 91.5 cm³/mol. The molecule has 0 saturated carbocycles. The molecule has 2 aromatic carbocycles. The summed E-state index contributed by atoms with van der Waals surface area (Å²) < 4.78 is 18.5. The SMILES string of the molecule is C[C@@H]1Cc2ccccc2N1C(=O)COC(=O)c1ccc(F)cc1Br. The third-order valence-electron chi connectivity index (χ3n) is 3.95. The Bertz CT molecular complexity index is 809. The monoisotopic (exact) mass is 391 g/mol. The quantitative estimate of drug-likeness (QED) is 0.749. The Morgan fingerprint density at radius 3 is 2.79 bits per heavy atom. The van der Waals surface area contributed by atoms with Gasteiger partial charge in [-0.05, 0) is 59.1 Å². The molecule has 0 unspecified atom stereocenters. The molecule has 0 radical (unpaired) electrons. The van der Waals surface area contributed by atoms with Crippen LogP contribution in [0.15, 0.2) is 46.9 Å². The zero-order valence-electron chi connectivity index (χ0n) is 13.0. The van der Waals surface area contributed by atoms with Gasteiger partial charge in [0.25, 0.3) is 5.91 Å². The number of benzene rings is 2. The Morgan fingerprint density at radius 1 is 1.29 bits per heavy atom. The van der Waals surface area contributed by atoms with Crippen LogP contribution in [0.2, 0.25) is 0 Å². The lowest BCUT2D eigenvalue weighted by Crippen LogP contribution is -2.38. The fraction of sp³-hybridized carbons (Fsp3) is 0.222. The van der Waals surface area contributed by atoms with Crippen LogP contribution < -0.4 is 4.90 Å². The van der Waals surface area contributed by atoms with Crippen molar-refractivity contribution >= 4 is 33.5 Å². The Morgan fingerprint density at radius 2 is 2.04 bits per heavy atom. The number of nitrogens with zero attached hydrogens (tertiary/aromatic N) is 1. The van der Waals surface area contributed by atoms with Crippen LogP contribution in [0.25, 0.3) is 0 Å². The molecule has 1 aliphatic rings. The molecule has 1 amide bonds. The number of carbonyl (C=O) groups excluding carboxylic acids is 2. The van der Waals surface area contributed by atoms with Gasteiger partial charge in [0.2, 0.25) is 0 Å². The largest absolute Gasteiger partial charge is 0.452 e. The molecule has 24 heavy (non-hydrogen) atoms. The summed E-state index contributed by atoms with van der Waals surface area (Å²) in [4.78, 5) is 26.2. The number of halogens is 2. The molecule has 3 rings (SSSR count). The number of esters is 1. The average molecular weight is 392 g/mol. The van der Waals surface area contributed by atoms with Crippen LogP contribution in [0, 0.1) is 5.82 Å². The third kappa shape index (κ3) is 3.19. The highest BCUT2D eigenvalue weighted by Gasteiger charge is 2.31. The van der Waals surface area contributed by atoms with E-state index in [0.29, 0.717) is 4.47 Å². The van der Waals surface area contributed by atoms with E-state index >= 15 is 0 Å². The Labute approximate surface area is 147 Å². The van der Waals surface area contributed by atoms with Crippen LogP contribution in [0.1, 0.15) is 22.8 Å². The van der Waals surface area contributed by atoms with Crippen molar-refractivity contribution in [2.24, 2.45) is 0 Å². The van der Waals surface area contributed by atoms with Crippen molar-refractivity contribution in [1.82, 2.24) is 0 Å². The standard InChI is InChI=1S/C18H15BrFNO3/c1-11-8-12-4-2-3-5-16(12)21(11)17(22)10-24-18(23)14-7-6-13(20)9-15(14)19/h2-7,9,11H,8,10H2,1H3/t11-/m1/s1. The van der Waals surface area contributed by atoms with E-state index in [0.717, 1.165) is 17.7 Å². The van der Waals surface area contributed by atoms with Gasteiger partial charge in [0.1, 0.15) is 5.82 Å². The number of ether oxygens (including phenoxy) is 1. The minimum atomic E-state index is -0.671. The molecule has 0 fully saturated rings. The van der Waals surface area contributed by atoms with Gasteiger partial charge in [0.15, 0.2) is 6.61 Å². The van der Waals surface area contributed by atoms with Crippen LogP contribution in [0.5, 0.6) is 0 Å². The fourth-order valence-corrected chi connectivity index (χ4v) is 3.39. The van der Waals surface area contributed by atoms with Gasteiger partial charge in [-0.2, -0.15) is 0 Å². The first-order valence-corrected chi connectivity index (χ1v) is 8.29. The van der Waals surface area contributed by atoms with Crippen LogP contribution >= 0.6 is 15.9 Å². The Hall–Kier alpha value is -2.21. The molecule has 1 aliphatic heterocycles. The van der Waals surface area contributed by atoms with E-state index in [1.165, 1.54) is 18.2 Å². The first kappa shape index (κ1) is 16.6. The number of rotatable bonds is 3. The maximum absolute atomic E-state index is 13.1. The third-order valence-corrected chi connectivity index (χ3v) is 4.61. The molecule has 0 saturated heterocycles. The second kappa shape index (κ2) is 6.73. The second-order valence-corrected chi connectivity index (χ2v) is 6.50. The van der Waals surface area contributed by atoms with Crippen molar-refractivity contribution in [2.75, 3.05) is 11.5 Å².